The molecule has 5 aromatic rings. The van der Waals surface area contributed by atoms with E-state index in [1.54, 1.807) is 79.1 Å². The SMILES string of the molecule is Cc1ccc(NC(=O)Cn2c(=O)n(-c3ccc(CC(=O)NCc4ccco4)cc3)c(=O)c3ccccc32)cc1. The number of furan rings is 1. The van der Waals surface area contributed by atoms with Gasteiger partial charge in [0.15, 0.2) is 0 Å². The molecule has 0 spiro atoms. The summed E-state index contributed by atoms with van der Waals surface area (Å²) in [7, 11) is 0. The molecule has 9 heteroatoms. The van der Waals surface area contributed by atoms with Crippen molar-refractivity contribution in [3.63, 3.8) is 0 Å². The first-order chi connectivity index (χ1) is 18.9. The lowest BCUT2D eigenvalue weighted by Crippen LogP contribution is -2.40. The lowest BCUT2D eigenvalue weighted by atomic mass is 10.1. The molecular formula is C30H26N4O5. The molecule has 0 bridgehead atoms. The van der Waals surface area contributed by atoms with Crippen LogP contribution in [0.2, 0.25) is 0 Å². The van der Waals surface area contributed by atoms with Crippen LogP contribution in [0.5, 0.6) is 0 Å². The van der Waals surface area contributed by atoms with Crippen LogP contribution in [0, 0.1) is 6.92 Å². The predicted molar refractivity (Wildman–Crippen MR) is 148 cm³/mol. The number of para-hydroxylation sites is 1. The van der Waals surface area contributed by atoms with E-state index in [-0.39, 0.29) is 25.4 Å². The minimum atomic E-state index is -0.637. The van der Waals surface area contributed by atoms with Gasteiger partial charge in [0.2, 0.25) is 11.8 Å². The van der Waals surface area contributed by atoms with Gasteiger partial charge in [-0.2, -0.15) is 0 Å². The largest absolute Gasteiger partial charge is 0.467 e. The molecule has 0 saturated carbocycles. The van der Waals surface area contributed by atoms with Gasteiger partial charge in [0.25, 0.3) is 5.56 Å². The van der Waals surface area contributed by atoms with Gasteiger partial charge in [0, 0.05) is 5.69 Å². The van der Waals surface area contributed by atoms with Gasteiger partial charge in [0.1, 0.15) is 12.3 Å². The zero-order valence-corrected chi connectivity index (χ0v) is 21.2. The third kappa shape index (κ3) is 5.72. The van der Waals surface area contributed by atoms with Crippen LogP contribution in [-0.2, 0) is 29.1 Å². The number of aromatic nitrogens is 2. The second-order valence-electron chi connectivity index (χ2n) is 9.14. The van der Waals surface area contributed by atoms with Crippen LogP contribution in [0.3, 0.4) is 0 Å². The average molecular weight is 523 g/mol. The Hall–Kier alpha value is -5.18. The molecule has 3 aromatic carbocycles. The van der Waals surface area contributed by atoms with E-state index in [4.69, 9.17) is 4.42 Å². The lowest BCUT2D eigenvalue weighted by Gasteiger charge is -2.14. The third-order valence-electron chi connectivity index (χ3n) is 6.29. The summed E-state index contributed by atoms with van der Waals surface area (Å²) < 4.78 is 7.55. The number of nitrogens with one attached hydrogen (secondary N) is 2. The van der Waals surface area contributed by atoms with E-state index < -0.39 is 17.2 Å². The quantitative estimate of drug-likeness (QED) is 0.323. The van der Waals surface area contributed by atoms with Gasteiger partial charge in [0.05, 0.1) is 35.8 Å². The molecule has 196 valence electrons. The molecule has 2 heterocycles. The standard InChI is InChI=1S/C30H26N4O5/c1-20-8-12-22(13-9-20)32-28(36)19-33-26-7-3-2-6-25(26)29(37)34(30(33)38)23-14-10-21(11-15-23)17-27(35)31-18-24-5-4-16-39-24/h2-16H,17-19H2,1H3,(H,31,35)(H,32,36). The Balaban J connectivity index is 1.41. The van der Waals surface area contributed by atoms with Crippen molar-refractivity contribution in [3.05, 3.63) is 129 Å². The number of rotatable bonds is 8. The maximum absolute atomic E-state index is 13.6. The number of hydrogen-bond donors (Lipinski definition) is 2. The number of nitrogens with zero attached hydrogens (tertiary/aromatic N) is 2. The first-order valence-corrected chi connectivity index (χ1v) is 12.4. The Labute approximate surface area is 223 Å². The number of carbonyl (C=O) groups excluding carboxylic acids is 2. The molecule has 0 fully saturated rings. The highest BCUT2D eigenvalue weighted by atomic mass is 16.3. The van der Waals surface area contributed by atoms with Crippen molar-refractivity contribution in [2.24, 2.45) is 0 Å². The Kier molecular flexibility index (Phi) is 7.22. The van der Waals surface area contributed by atoms with Gasteiger partial charge in [-0.3, -0.25) is 19.0 Å². The number of amides is 2. The van der Waals surface area contributed by atoms with Crippen LogP contribution >= 0.6 is 0 Å². The molecular weight excluding hydrogens is 496 g/mol. The first kappa shape index (κ1) is 25.5. The minimum Gasteiger partial charge on any atom is -0.467 e. The zero-order chi connectivity index (χ0) is 27.4. The average Bonchev–Trinajstić information content (AvgIpc) is 3.46. The van der Waals surface area contributed by atoms with E-state index >= 15 is 0 Å². The van der Waals surface area contributed by atoms with Crippen LogP contribution in [0.1, 0.15) is 16.9 Å². The van der Waals surface area contributed by atoms with Crippen molar-refractivity contribution < 1.29 is 14.0 Å². The van der Waals surface area contributed by atoms with Crippen molar-refractivity contribution in [3.8, 4) is 5.69 Å². The van der Waals surface area contributed by atoms with Crippen molar-refractivity contribution in [1.29, 1.82) is 0 Å². The van der Waals surface area contributed by atoms with E-state index in [1.807, 2.05) is 19.1 Å². The normalized spacial score (nSPS) is 10.9. The molecule has 2 aromatic heterocycles. The highest BCUT2D eigenvalue weighted by Crippen LogP contribution is 2.13. The fourth-order valence-corrected chi connectivity index (χ4v) is 4.29. The smallest absolute Gasteiger partial charge is 0.336 e. The molecule has 0 aliphatic carbocycles. The van der Waals surface area contributed by atoms with E-state index in [0.29, 0.717) is 33.6 Å². The van der Waals surface area contributed by atoms with E-state index in [0.717, 1.165) is 10.1 Å². The molecule has 0 radical (unpaired) electrons. The first-order valence-electron chi connectivity index (χ1n) is 12.4. The molecule has 5 rings (SSSR count). The molecule has 0 unspecified atom stereocenters. The second-order valence-corrected chi connectivity index (χ2v) is 9.14. The van der Waals surface area contributed by atoms with E-state index in [2.05, 4.69) is 10.6 Å². The summed E-state index contributed by atoms with van der Waals surface area (Å²) in [6.45, 7) is 1.96. The van der Waals surface area contributed by atoms with Gasteiger partial charge in [-0.05, 0) is 61.0 Å². The van der Waals surface area contributed by atoms with E-state index in [1.165, 1.54) is 4.57 Å². The molecule has 0 aliphatic rings. The highest BCUT2D eigenvalue weighted by Gasteiger charge is 2.17. The summed E-state index contributed by atoms with van der Waals surface area (Å²) in [5.74, 6) is 0.0642. The molecule has 2 N–H and O–H groups in total. The topological polar surface area (TPSA) is 115 Å². The number of benzene rings is 3. The molecule has 0 atom stereocenters. The molecule has 39 heavy (non-hydrogen) atoms. The Morgan fingerprint density at radius 3 is 2.31 bits per heavy atom. The summed E-state index contributed by atoms with van der Waals surface area (Å²) in [4.78, 5) is 52.1. The Morgan fingerprint density at radius 1 is 0.846 bits per heavy atom. The van der Waals surface area contributed by atoms with Crippen molar-refractivity contribution in [2.45, 2.75) is 26.4 Å². The molecule has 9 nitrogen and oxygen atoms in total. The summed E-state index contributed by atoms with van der Waals surface area (Å²) in [6.07, 6.45) is 1.66. The van der Waals surface area contributed by atoms with Gasteiger partial charge in [-0.1, -0.05) is 42.0 Å². The van der Waals surface area contributed by atoms with Crippen LogP contribution in [0.25, 0.3) is 16.6 Å². The van der Waals surface area contributed by atoms with Crippen LogP contribution in [-0.4, -0.2) is 20.9 Å². The van der Waals surface area contributed by atoms with Gasteiger partial charge in [-0.15, -0.1) is 0 Å². The predicted octanol–water partition coefficient (Wildman–Crippen LogP) is 3.55. The number of carbonyl (C=O) groups is 2. The van der Waals surface area contributed by atoms with Crippen LogP contribution in [0.4, 0.5) is 5.69 Å². The maximum atomic E-state index is 13.6. The Morgan fingerprint density at radius 2 is 1.59 bits per heavy atom. The third-order valence-corrected chi connectivity index (χ3v) is 6.29. The number of anilines is 1. The van der Waals surface area contributed by atoms with E-state index in [9.17, 15) is 19.2 Å². The summed E-state index contributed by atoms with van der Waals surface area (Å²) in [5, 5.41) is 5.89. The van der Waals surface area contributed by atoms with Crippen molar-refractivity contribution in [1.82, 2.24) is 14.5 Å². The van der Waals surface area contributed by atoms with Gasteiger partial charge < -0.3 is 15.1 Å². The Bertz CT molecular complexity index is 1750. The van der Waals surface area contributed by atoms with Gasteiger partial charge >= 0.3 is 5.69 Å². The van der Waals surface area contributed by atoms with Crippen LogP contribution < -0.4 is 21.9 Å². The highest BCUT2D eigenvalue weighted by molar-refractivity contribution is 5.91. The summed E-state index contributed by atoms with van der Waals surface area (Å²) in [6, 6.07) is 24.2. The number of fused-ring (bicyclic) bond motifs is 1. The maximum Gasteiger partial charge on any atom is 0.336 e. The number of aryl methyl sites for hydroxylation is 1. The molecule has 0 saturated heterocycles. The van der Waals surface area contributed by atoms with Crippen molar-refractivity contribution >= 4 is 28.4 Å². The minimum absolute atomic E-state index is 0.122. The fourth-order valence-electron chi connectivity index (χ4n) is 4.29. The monoisotopic (exact) mass is 522 g/mol. The fraction of sp³-hybridized carbons (Fsp3) is 0.133. The zero-order valence-electron chi connectivity index (χ0n) is 21.2. The molecule has 2 amide bonds. The lowest BCUT2D eigenvalue weighted by molar-refractivity contribution is -0.120. The molecule has 0 aliphatic heterocycles. The van der Waals surface area contributed by atoms with Crippen molar-refractivity contribution in [2.75, 3.05) is 5.32 Å². The summed E-state index contributed by atoms with van der Waals surface area (Å²) >= 11 is 0. The summed E-state index contributed by atoms with van der Waals surface area (Å²) in [5.41, 5.74) is 1.96. The van der Waals surface area contributed by atoms with Gasteiger partial charge in [-0.25, -0.2) is 9.36 Å². The van der Waals surface area contributed by atoms with Crippen LogP contribution in [0.15, 0.2) is 105 Å². The second kappa shape index (κ2) is 11.1. The number of hydrogen-bond acceptors (Lipinski definition) is 5.